The summed E-state index contributed by atoms with van der Waals surface area (Å²) in [4.78, 5) is 23.8. The molecule has 5 heteroatoms. The summed E-state index contributed by atoms with van der Waals surface area (Å²) in [5.41, 5.74) is 0.575. The van der Waals surface area contributed by atoms with Crippen molar-refractivity contribution in [1.29, 1.82) is 0 Å². The zero-order valence-electron chi connectivity index (χ0n) is 15.7. The Morgan fingerprint density at radius 1 is 1.24 bits per heavy atom. The molecule has 1 aromatic heterocycles. The third kappa shape index (κ3) is 2.63. The minimum absolute atomic E-state index is 0.0448. The molecule has 1 saturated heterocycles. The van der Waals surface area contributed by atoms with Crippen LogP contribution in [0, 0.1) is 22.7 Å². The van der Waals surface area contributed by atoms with Crippen LogP contribution in [0.25, 0.3) is 0 Å². The van der Waals surface area contributed by atoms with Crippen LogP contribution in [0.3, 0.4) is 0 Å². The largest absolute Gasteiger partial charge is 0.352 e. The molecular formula is C20H30N4O. The van der Waals surface area contributed by atoms with E-state index in [9.17, 15) is 4.79 Å². The van der Waals surface area contributed by atoms with E-state index in [-0.39, 0.29) is 17.2 Å². The van der Waals surface area contributed by atoms with E-state index in [0.717, 1.165) is 44.2 Å². The summed E-state index contributed by atoms with van der Waals surface area (Å²) in [6.45, 7) is 8.84. The topological polar surface area (TPSA) is 58.1 Å². The first-order chi connectivity index (χ1) is 11.9. The van der Waals surface area contributed by atoms with Crippen molar-refractivity contribution in [2.75, 3.05) is 18.0 Å². The molecule has 3 fully saturated rings. The first-order valence-electron chi connectivity index (χ1n) is 9.74. The molecule has 1 amide bonds. The molecule has 1 N–H and O–H groups in total. The molecule has 2 saturated carbocycles. The summed E-state index contributed by atoms with van der Waals surface area (Å²) >= 11 is 0. The van der Waals surface area contributed by atoms with Gasteiger partial charge < -0.3 is 10.2 Å². The van der Waals surface area contributed by atoms with Crippen LogP contribution >= 0.6 is 0 Å². The molecule has 4 unspecified atom stereocenters. The number of amides is 1. The van der Waals surface area contributed by atoms with Gasteiger partial charge in [0.15, 0.2) is 0 Å². The monoisotopic (exact) mass is 342 g/mol. The van der Waals surface area contributed by atoms with Crippen molar-refractivity contribution in [2.24, 2.45) is 22.7 Å². The van der Waals surface area contributed by atoms with Crippen molar-refractivity contribution >= 4 is 11.9 Å². The summed E-state index contributed by atoms with van der Waals surface area (Å²) in [5.74, 6) is 1.77. The Hall–Kier alpha value is -1.65. The molecule has 0 radical (unpaired) electrons. The molecule has 0 spiro atoms. The Morgan fingerprint density at radius 3 is 2.64 bits per heavy atom. The number of rotatable bonds is 3. The van der Waals surface area contributed by atoms with Crippen LogP contribution in [-0.2, 0) is 4.79 Å². The molecule has 2 heterocycles. The summed E-state index contributed by atoms with van der Waals surface area (Å²) in [7, 11) is 0. The van der Waals surface area contributed by atoms with Gasteiger partial charge >= 0.3 is 0 Å². The maximum Gasteiger partial charge on any atom is 0.225 e. The van der Waals surface area contributed by atoms with E-state index in [0.29, 0.717) is 11.5 Å². The van der Waals surface area contributed by atoms with E-state index in [2.05, 4.69) is 41.0 Å². The minimum Gasteiger partial charge on any atom is -0.352 e. The third-order valence-electron chi connectivity index (χ3n) is 7.74. The third-order valence-corrected chi connectivity index (χ3v) is 7.74. The number of carbonyl (C=O) groups excluding carboxylic acids is 1. The molecule has 136 valence electrons. The van der Waals surface area contributed by atoms with Crippen LogP contribution < -0.4 is 10.2 Å². The number of anilines is 1. The fourth-order valence-electron chi connectivity index (χ4n) is 5.54. The lowest BCUT2D eigenvalue weighted by Gasteiger charge is -2.40. The summed E-state index contributed by atoms with van der Waals surface area (Å²) in [5, 5.41) is 3.44. The highest BCUT2D eigenvalue weighted by Crippen LogP contribution is 2.65. The van der Waals surface area contributed by atoms with Gasteiger partial charge in [0.1, 0.15) is 0 Å². The van der Waals surface area contributed by atoms with Crippen molar-refractivity contribution < 1.29 is 4.79 Å². The molecule has 1 aromatic rings. The second-order valence-corrected chi connectivity index (χ2v) is 9.01. The van der Waals surface area contributed by atoms with E-state index in [1.807, 2.05) is 6.07 Å². The van der Waals surface area contributed by atoms with Crippen molar-refractivity contribution in [3.05, 3.63) is 18.5 Å². The molecule has 3 aliphatic rings. The Kier molecular flexibility index (Phi) is 4.00. The summed E-state index contributed by atoms with van der Waals surface area (Å²) in [6.07, 6.45) is 9.22. The van der Waals surface area contributed by atoms with Crippen LogP contribution in [0.2, 0.25) is 0 Å². The normalized spacial score (nSPS) is 36.4. The molecule has 4 atom stereocenters. The molecule has 0 aromatic carbocycles. The van der Waals surface area contributed by atoms with E-state index < -0.39 is 0 Å². The van der Waals surface area contributed by atoms with Crippen LogP contribution in [0.4, 0.5) is 5.95 Å². The molecule has 25 heavy (non-hydrogen) atoms. The van der Waals surface area contributed by atoms with Gasteiger partial charge in [0.25, 0.3) is 0 Å². The highest BCUT2D eigenvalue weighted by atomic mass is 16.2. The summed E-state index contributed by atoms with van der Waals surface area (Å²) in [6, 6.07) is 2.16. The van der Waals surface area contributed by atoms with Crippen molar-refractivity contribution in [3.8, 4) is 0 Å². The van der Waals surface area contributed by atoms with Crippen LogP contribution in [0.1, 0.15) is 52.9 Å². The van der Waals surface area contributed by atoms with E-state index >= 15 is 0 Å². The van der Waals surface area contributed by atoms with Gasteiger partial charge in [0, 0.05) is 31.5 Å². The number of fused-ring (bicyclic) bond motifs is 2. The predicted molar refractivity (Wildman–Crippen MR) is 98.1 cm³/mol. The minimum atomic E-state index is 0.0448. The van der Waals surface area contributed by atoms with Gasteiger partial charge in [-0.1, -0.05) is 20.8 Å². The number of aromatic nitrogens is 2. The highest BCUT2D eigenvalue weighted by Gasteiger charge is 2.61. The Balaban J connectivity index is 1.42. The van der Waals surface area contributed by atoms with Gasteiger partial charge in [-0.3, -0.25) is 4.79 Å². The molecular weight excluding hydrogens is 312 g/mol. The van der Waals surface area contributed by atoms with E-state index in [1.54, 1.807) is 12.4 Å². The number of nitrogens with one attached hydrogen (secondary N) is 1. The number of piperidine rings is 1. The maximum atomic E-state index is 13.0. The Labute approximate surface area is 150 Å². The quantitative estimate of drug-likeness (QED) is 0.917. The van der Waals surface area contributed by atoms with Gasteiger partial charge in [-0.15, -0.1) is 0 Å². The second-order valence-electron chi connectivity index (χ2n) is 9.01. The van der Waals surface area contributed by atoms with Crippen molar-refractivity contribution in [2.45, 2.75) is 58.9 Å². The molecule has 5 nitrogen and oxygen atoms in total. The first kappa shape index (κ1) is 16.8. The van der Waals surface area contributed by atoms with E-state index in [1.165, 1.54) is 12.8 Å². The number of carbonyl (C=O) groups is 1. The maximum absolute atomic E-state index is 13.0. The fourth-order valence-corrected chi connectivity index (χ4v) is 5.54. The average Bonchev–Trinajstić information content (AvgIpc) is 2.96. The zero-order chi connectivity index (χ0) is 17.7. The van der Waals surface area contributed by atoms with Gasteiger partial charge in [0.2, 0.25) is 11.9 Å². The van der Waals surface area contributed by atoms with Crippen LogP contribution in [0.5, 0.6) is 0 Å². The highest BCUT2D eigenvalue weighted by molar-refractivity contribution is 5.80. The van der Waals surface area contributed by atoms with Crippen LogP contribution in [-0.4, -0.2) is 35.0 Å². The Bertz CT molecular complexity index is 646. The lowest BCUT2D eigenvalue weighted by Crippen LogP contribution is -2.51. The van der Waals surface area contributed by atoms with Gasteiger partial charge in [-0.2, -0.15) is 0 Å². The van der Waals surface area contributed by atoms with E-state index in [4.69, 9.17) is 0 Å². The predicted octanol–water partition coefficient (Wildman–Crippen LogP) is 3.02. The molecule has 2 aliphatic carbocycles. The molecule has 2 bridgehead atoms. The van der Waals surface area contributed by atoms with Crippen molar-refractivity contribution in [3.63, 3.8) is 0 Å². The lowest BCUT2D eigenvalue weighted by atomic mass is 9.69. The number of hydrogen-bond donors (Lipinski definition) is 1. The van der Waals surface area contributed by atoms with Gasteiger partial charge in [-0.25, -0.2) is 9.97 Å². The number of nitrogens with zero attached hydrogens (tertiary/aromatic N) is 3. The number of hydrogen-bond acceptors (Lipinski definition) is 4. The standard InChI is InChI=1S/C20H30N4O/c1-19(2)15-7-8-20(19,3)16(12-15)23-17(25)14-6-4-11-24(13-14)18-21-9-5-10-22-18/h5,9-10,14-16H,4,6-8,11-13H2,1-3H3,(H,23,25). The summed E-state index contributed by atoms with van der Waals surface area (Å²) < 4.78 is 0. The lowest BCUT2D eigenvalue weighted by molar-refractivity contribution is -0.127. The molecule has 1 aliphatic heterocycles. The van der Waals surface area contributed by atoms with Gasteiger partial charge in [0.05, 0.1) is 5.92 Å². The Morgan fingerprint density at radius 2 is 2.00 bits per heavy atom. The van der Waals surface area contributed by atoms with Crippen molar-refractivity contribution in [1.82, 2.24) is 15.3 Å². The average molecular weight is 342 g/mol. The smallest absolute Gasteiger partial charge is 0.225 e. The fraction of sp³-hybridized carbons (Fsp3) is 0.750. The van der Waals surface area contributed by atoms with Gasteiger partial charge in [-0.05, 0) is 54.9 Å². The molecule has 4 rings (SSSR count). The first-order valence-corrected chi connectivity index (χ1v) is 9.74. The SMILES string of the molecule is CC1(C)C2CCC1(C)C(NC(=O)C1CCCN(c3ncccn3)C1)C2. The second kappa shape index (κ2) is 5.96. The van der Waals surface area contributed by atoms with Crippen LogP contribution in [0.15, 0.2) is 18.5 Å². The zero-order valence-corrected chi connectivity index (χ0v) is 15.7.